The summed E-state index contributed by atoms with van der Waals surface area (Å²) >= 11 is 5.11. The van der Waals surface area contributed by atoms with Crippen LogP contribution in [0.3, 0.4) is 0 Å². The van der Waals surface area contributed by atoms with Crippen LogP contribution in [0.1, 0.15) is 0 Å². The zero-order chi connectivity index (χ0) is 9.52. The molecule has 3 heteroatoms. The second-order valence-electron chi connectivity index (χ2n) is 2.41. The van der Waals surface area contributed by atoms with Gasteiger partial charge in [-0.25, -0.2) is 0 Å². The Hall–Kier alpha value is 0.479. The molecule has 0 N–H and O–H groups in total. The van der Waals surface area contributed by atoms with E-state index in [1.807, 2.05) is 32.1 Å². The Balaban J connectivity index is 0.000000246. The van der Waals surface area contributed by atoms with Crippen molar-refractivity contribution in [3.8, 4) is 0 Å². The number of halogens is 1. The van der Waals surface area contributed by atoms with Crippen LogP contribution in [0.15, 0.2) is 0 Å². The second kappa shape index (κ2) is 8.76. The van der Waals surface area contributed by atoms with Crippen LogP contribution in [0.2, 0.25) is 0 Å². The van der Waals surface area contributed by atoms with Gasteiger partial charge in [-0.2, -0.15) is 0 Å². The van der Waals surface area contributed by atoms with Gasteiger partial charge in [0.2, 0.25) is 5.24 Å². The zero-order valence-electron chi connectivity index (χ0n) is 7.34. The normalized spacial score (nSPS) is 20.9. The number of hydrogen-bond acceptors (Lipinski definition) is 1. The van der Waals surface area contributed by atoms with Crippen LogP contribution in [0.4, 0.5) is 0 Å². The van der Waals surface area contributed by atoms with Crippen LogP contribution >= 0.6 is 11.6 Å². The van der Waals surface area contributed by atoms with Crippen molar-refractivity contribution in [1.29, 1.82) is 0 Å². The van der Waals surface area contributed by atoms with Crippen LogP contribution < -0.4 is 0 Å². The van der Waals surface area contributed by atoms with E-state index in [4.69, 9.17) is 11.6 Å². The van der Waals surface area contributed by atoms with E-state index in [1.165, 1.54) is 0 Å². The molecule has 0 aliphatic heterocycles. The van der Waals surface area contributed by atoms with Crippen molar-refractivity contribution < 1.29 is 21.9 Å². The van der Waals surface area contributed by atoms with Crippen LogP contribution in [0, 0.1) is 63.7 Å². The van der Waals surface area contributed by atoms with Gasteiger partial charge in [-0.15, -0.1) is 0 Å². The Morgan fingerprint density at radius 1 is 0.857 bits per heavy atom. The predicted octanol–water partition coefficient (Wildman–Crippen LogP) is 2.18. The molecule has 0 amide bonds. The van der Waals surface area contributed by atoms with E-state index >= 15 is 0 Å². The third-order valence-corrected chi connectivity index (χ3v) is 1.66. The number of hydrogen-bond donors (Lipinski definition) is 0. The molecular weight excluding hydrogens is 239 g/mol. The molecule has 2 aliphatic rings. The summed E-state index contributed by atoms with van der Waals surface area (Å²) in [6.07, 6.45) is 16.9. The van der Waals surface area contributed by atoms with Crippen molar-refractivity contribution in [3.63, 3.8) is 0 Å². The van der Waals surface area contributed by atoms with Gasteiger partial charge in [0.1, 0.15) is 0 Å². The third-order valence-electron chi connectivity index (χ3n) is 1.45. The Bertz CT molecular complexity index is 144. The van der Waals surface area contributed by atoms with Gasteiger partial charge in [-0.1, -0.05) is 0 Å². The first kappa shape index (κ1) is 14.5. The number of rotatable bonds is 1. The average molecular weight is 248 g/mol. The van der Waals surface area contributed by atoms with Crippen LogP contribution in [-0.4, -0.2) is 5.24 Å². The van der Waals surface area contributed by atoms with E-state index in [1.54, 1.807) is 25.7 Å². The first-order chi connectivity index (χ1) is 6.30. The van der Waals surface area contributed by atoms with Crippen molar-refractivity contribution in [3.05, 3.63) is 63.7 Å². The van der Waals surface area contributed by atoms with Crippen molar-refractivity contribution in [1.82, 2.24) is 0 Å². The predicted molar refractivity (Wildman–Crippen MR) is 52.8 cm³/mol. The molecule has 0 heterocycles. The molecule has 0 unspecified atom stereocenters. The molecule has 0 aromatic heterocycles. The fourth-order valence-electron chi connectivity index (χ4n) is 0.826. The molecule has 0 aromatic rings. The molecule has 72 valence electrons. The monoisotopic (exact) mass is 248 g/mol. The summed E-state index contributed by atoms with van der Waals surface area (Å²) in [5.74, 6) is 0.562. The largest absolute Gasteiger partial charge is 2.00 e. The molecule has 1 nitrogen and oxygen atoms in total. The average Bonchev–Trinajstić information content (AvgIpc) is 2.82. The molecule has 0 atom stereocenters. The molecule has 0 spiro atoms. The minimum Gasteiger partial charge on any atom is -0.281 e. The van der Waals surface area contributed by atoms with Gasteiger partial charge in [0, 0.05) is 0 Å². The van der Waals surface area contributed by atoms with Gasteiger partial charge in [0.15, 0.2) is 0 Å². The van der Waals surface area contributed by atoms with Crippen molar-refractivity contribution in [2.24, 2.45) is 0 Å². The van der Waals surface area contributed by atoms with E-state index in [-0.39, 0.29) is 17.1 Å². The maximum absolute atomic E-state index is 10.3. The molecule has 2 aliphatic carbocycles. The SMILES string of the molecule is O=C(Cl)[C]1[CH][CH][CH][CH]1.[CH]1[CH][CH][CH][CH]1.[Fe+2]. The summed E-state index contributed by atoms with van der Waals surface area (Å²) in [7, 11) is 0. The summed E-state index contributed by atoms with van der Waals surface area (Å²) < 4.78 is 0. The summed E-state index contributed by atoms with van der Waals surface area (Å²) in [4.78, 5) is 10.3. The van der Waals surface area contributed by atoms with E-state index in [0.29, 0.717) is 5.92 Å². The molecule has 0 aromatic carbocycles. The Morgan fingerprint density at radius 3 is 1.43 bits per heavy atom. The molecule has 2 rings (SSSR count). The summed E-state index contributed by atoms with van der Waals surface area (Å²) in [6, 6.07) is 0. The molecular formula is C11H9ClFeO+2. The second-order valence-corrected chi connectivity index (χ2v) is 2.75. The summed E-state index contributed by atoms with van der Waals surface area (Å²) in [5.41, 5.74) is 0. The van der Waals surface area contributed by atoms with Crippen LogP contribution in [-0.2, 0) is 21.9 Å². The van der Waals surface area contributed by atoms with E-state index in [9.17, 15) is 4.79 Å². The van der Waals surface area contributed by atoms with Gasteiger partial charge < -0.3 is 0 Å². The topological polar surface area (TPSA) is 17.1 Å². The quantitative estimate of drug-likeness (QED) is 0.513. The molecule has 0 bridgehead atoms. The molecule has 0 saturated heterocycles. The Morgan fingerprint density at radius 2 is 1.21 bits per heavy atom. The first-order valence-corrected chi connectivity index (χ1v) is 4.27. The van der Waals surface area contributed by atoms with Crippen LogP contribution in [0.5, 0.6) is 0 Å². The van der Waals surface area contributed by atoms with E-state index in [2.05, 4.69) is 0 Å². The fraction of sp³-hybridized carbons (Fsp3) is 0. The smallest absolute Gasteiger partial charge is 0.281 e. The summed E-state index contributed by atoms with van der Waals surface area (Å²) in [6.45, 7) is 0. The minimum absolute atomic E-state index is 0. The van der Waals surface area contributed by atoms with Crippen molar-refractivity contribution >= 4 is 16.8 Å². The molecule has 2 fully saturated rings. The van der Waals surface area contributed by atoms with Gasteiger partial charge >= 0.3 is 17.1 Å². The Kier molecular flexibility index (Phi) is 9.06. The molecule has 2 saturated carbocycles. The van der Waals surface area contributed by atoms with E-state index in [0.717, 1.165) is 0 Å². The maximum Gasteiger partial charge on any atom is 2.00 e. The Labute approximate surface area is 102 Å². The zero-order valence-corrected chi connectivity index (χ0v) is 9.20. The maximum atomic E-state index is 10.3. The standard InChI is InChI=1S/C6H4ClO.C5H5.Fe/c7-6(8)5-3-1-2-4-5;1-2-4-5-3-1;/h1-4H;1-5H;/q;;+2. The van der Waals surface area contributed by atoms with Crippen molar-refractivity contribution in [2.45, 2.75) is 0 Å². The van der Waals surface area contributed by atoms with Gasteiger partial charge in [-0.05, 0) is 69.4 Å². The molecule has 14 heavy (non-hydrogen) atoms. The van der Waals surface area contributed by atoms with Gasteiger partial charge in [0.05, 0.1) is 5.92 Å². The van der Waals surface area contributed by atoms with Crippen LogP contribution in [0.25, 0.3) is 0 Å². The van der Waals surface area contributed by atoms with Gasteiger partial charge in [-0.3, -0.25) is 4.79 Å². The van der Waals surface area contributed by atoms with E-state index < -0.39 is 5.24 Å². The third kappa shape index (κ3) is 6.06. The minimum atomic E-state index is -0.394. The fourth-order valence-corrected chi connectivity index (χ4v) is 0.952. The van der Waals surface area contributed by atoms with Crippen molar-refractivity contribution in [2.75, 3.05) is 0 Å². The number of carbonyl (C=O) groups is 1. The molecule has 10 radical (unpaired) electrons. The summed E-state index contributed by atoms with van der Waals surface area (Å²) in [5, 5.41) is -0.394. The number of carbonyl (C=O) groups excluding carboxylic acids is 1. The van der Waals surface area contributed by atoms with Gasteiger partial charge in [0.25, 0.3) is 0 Å². The first-order valence-electron chi connectivity index (χ1n) is 3.89.